The lowest BCUT2D eigenvalue weighted by Crippen LogP contribution is -2.49. The van der Waals surface area contributed by atoms with Gasteiger partial charge in [-0.1, -0.05) is 19.1 Å². The Hall–Kier alpha value is -2.11. The predicted molar refractivity (Wildman–Crippen MR) is 79.5 cm³/mol. The Bertz CT molecular complexity index is 563. The van der Waals surface area contributed by atoms with Gasteiger partial charge in [-0.2, -0.15) is 0 Å². The van der Waals surface area contributed by atoms with Crippen molar-refractivity contribution < 1.29 is 14.8 Å². The van der Waals surface area contributed by atoms with E-state index >= 15 is 0 Å². The van der Waals surface area contributed by atoms with Gasteiger partial charge in [0.1, 0.15) is 11.2 Å². The fraction of sp³-hybridized carbons (Fsp3) is 0.533. The Labute approximate surface area is 123 Å². The molecule has 1 aromatic rings. The van der Waals surface area contributed by atoms with Gasteiger partial charge >= 0.3 is 5.97 Å². The van der Waals surface area contributed by atoms with E-state index in [9.17, 15) is 20.0 Å². The molecule has 0 heterocycles. The molecule has 114 valence electrons. The number of carbonyl (C=O) groups is 1. The third kappa shape index (κ3) is 2.99. The first-order chi connectivity index (χ1) is 9.85. The van der Waals surface area contributed by atoms with Crippen LogP contribution in [0, 0.1) is 23.0 Å². The minimum atomic E-state index is -1.11. The highest BCUT2D eigenvalue weighted by Crippen LogP contribution is 2.38. The van der Waals surface area contributed by atoms with E-state index in [1.807, 2.05) is 0 Å². The zero-order chi connectivity index (χ0) is 15.6. The number of aryl methyl sites for hydroxylation is 1. The van der Waals surface area contributed by atoms with Crippen LogP contribution in [0.4, 0.5) is 11.4 Å². The van der Waals surface area contributed by atoms with Gasteiger partial charge in [-0.05, 0) is 44.1 Å². The van der Waals surface area contributed by atoms with Crippen LogP contribution in [-0.4, -0.2) is 21.5 Å². The molecule has 6 nitrogen and oxygen atoms in total. The molecule has 0 aliphatic heterocycles. The summed E-state index contributed by atoms with van der Waals surface area (Å²) in [5.41, 5.74) is -0.180. The molecule has 0 saturated heterocycles. The van der Waals surface area contributed by atoms with E-state index in [0.29, 0.717) is 30.0 Å². The number of aliphatic carboxylic acids is 1. The Morgan fingerprint density at radius 2 is 2.05 bits per heavy atom. The Kier molecular flexibility index (Phi) is 4.16. The van der Waals surface area contributed by atoms with Crippen LogP contribution in [0.25, 0.3) is 0 Å². The van der Waals surface area contributed by atoms with Gasteiger partial charge in [-0.25, -0.2) is 4.79 Å². The lowest BCUT2D eigenvalue weighted by Gasteiger charge is -2.37. The summed E-state index contributed by atoms with van der Waals surface area (Å²) in [7, 11) is 0. The second kappa shape index (κ2) is 5.71. The molecular formula is C15H20N2O4. The molecule has 2 N–H and O–H groups in total. The maximum Gasteiger partial charge on any atom is 0.329 e. The number of carboxylic acids is 1. The van der Waals surface area contributed by atoms with Crippen molar-refractivity contribution >= 4 is 17.3 Å². The van der Waals surface area contributed by atoms with Crippen LogP contribution in [-0.2, 0) is 4.79 Å². The molecular weight excluding hydrogens is 272 g/mol. The topological polar surface area (TPSA) is 92.5 Å². The van der Waals surface area contributed by atoms with Gasteiger partial charge in [0, 0.05) is 6.07 Å². The molecule has 1 aliphatic rings. The molecule has 1 aromatic carbocycles. The minimum absolute atomic E-state index is 0.0748. The van der Waals surface area contributed by atoms with Crippen LogP contribution in [0.15, 0.2) is 18.2 Å². The summed E-state index contributed by atoms with van der Waals surface area (Å²) in [5, 5.41) is 23.8. The molecule has 1 saturated carbocycles. The number of rotatable bonds is 4. The third-order valence-corrected chi connectivity index (χ3v) is 4.35. The van der Waals surface area contributed by atoms with E-state index < -0.39 is 16.4 Å². The fourth-order valence-electron chi connectivity index (χ4n) is 2.85. The SMILES string of the molecule is Cc1cccc([N+](=O)[O-])c1NC1(C(=O)O)CCC(C)CC1. The maximum atomic E-state index is 11.7. The molecule has 0 bridgehead atoms. The normalized spacial score (nSPS) is 25.3. The summed E-state index contributed by atoms with van der Waals surface area (Å²) in [6.45, 7) is 3.85. The van der Waals surface area contributed by atoms with Gasteiger partial charge in [-0.15, -0.1) is 0 Å². The van der Waals surface area contributed by atoms with E-state index in [4.69, 9.17) is 0 Å². The van der Waals surface area contributed by atoms with Crippen LogP contribution >= 0.6 is 0 Å². The van der Waals surface area contributed by atoms with Gasteiger partial charge in [0.15, 0.2) is 0 Å². The molecule has 1 aliphatic carbocycles. The number of benzene rings is 1. The average molecular weight is 292 g/mol. The number of carboxylic acid groups (broad SMARTS) is 1. The van der Waals surface area contributed by atoms with Gasteiger partial charge in [-0.3, -0.25) is 10.1 Å². The maximum absolute atomic E-state index is 11.7. The van der Waals surface area contributed by atoms with Crippen molar-refractivity contribution in [2.75, 3.05) is 5.32 Å². The predicted octanol–water partition coefficient (Wildman–Crippen LogP) is 3.35. The lowest BCUT2D eigenvalue weighted by atomic mass is 9.77. The number of hydrogen-bond donors (Lipinski definition) is 2. The van der Waals surface area contributed by atoms with Crippen molar-refractivity contribution in [3.63, 3.8) is 0 Å². The van der Waals surface area contributed by atoms with Gasteiger partial charge < -0.3 is 10.4 Å². The lowest BCUT2D eigenvalue weighted by molar-refractivity contribution is -0.384. The monoisotopic (exact) mass is 292 g/mol. The Morgan fingerprint density at radius 1 is 1.43 bits per heavy atom. The van der Waals surface area contributed by atoms with Gasteiger partial charge in [0.2, 0.25) is 0 Å². The molecule has 0 aromatic heterocycles. The van der Waals surface area contributed by atoms with E-state index in [0.717, 1.165) is 12.8 Å². The molecule has 0 amide bonds. The summed E-state index contributed by atoms with van der Waals surface area (Å²) in [4.78, 5) is 22.4. The largest absolute Gasteiger partial charge is 0.480 e. The second-order valence-electron chi connectivity index (χ2n) is 5.92. The van der Waals surface area contributed by atoms with Crippen molar-refractivity contribution in [1.82, 2.24) is 0 Å². The second-order valence-corrected chi connectivity index (χ2v) is 5.92. The molecule has 2 rings (SSSR count). The van der Waals surface area contributed by atoms with E-state index in [1.165, 1.54) is 6.07 Å². The van der Waals surface area contributed by atoms with Gasteiger partial charge in [0.05, 0.1) is 4.92 Å². The molecule has 6 heteroatoms. The first-order valence-electron chi connectivity index (χ1n) is 7.11. The number of anilines is 1. The quantitative estimate of drug-likeness (QED) is 0.655. The third-order valence-electron chi connectivity index (χ3n) is 4.35. The smallest absolute Gasteiger partial charge is 0.329 e. The highest BCUT2D eigenvalue weighted by molar-refractivity contribution is 5.85. The van der Waals surface area contributed by atoms with Crippen LogP contribution < -0.4 is 5.32 Å². The first kappa shape index (κ1) is 15.3. The summed E-state index contributed by atoms with van der Waals surface area (Å²) >= 11 is 0. The summed E-state index contributed by atoms with van der Waals surface area (Å²) in [6, 6.07) is 4.75. The van der Waals surface area contributed by atoms with Crippen LogP contribution in [0.3, 0.4) is 0 Å². The van der Waals surface area contributed by atoms with Crippen LogP contribution in [0.5, 0.6) is 0 Å². The van der Waals surface area contributed by atoms with Crippen molar-refractivity contribution in [1.29, 1.82) is 0 Å². The number of nitrogens with one attached hydrogen (secondary N) is 1. The standard InChI is InChI=1S/C15H20N2O4/c1-10-6-8-15(9-7-10,14(18)19)16-13-11(2)4-3-5-12(13)17(20)21/h3-5,10,16H,6-9H2,1-2H3,(H,18,19). The zero-order valence-electron chi connectivity index (χ0n) is 12.3. The van der Waals surface area contributed by atoms with E-state index in [-0.39, 0.29) is 5.69 Å². The Balaban J connectivity index is 2.39. The summed E-state index contributed by atoms with van der Waals surface area (Å²) in [6.07, 6.45) is 2.57. The molecule has 21 heavy (non-hydrogen) atoms. The number of para-hydroxylation sites is 1. The zero-order valence-corrected chi connectivity index (χ0v) is 12.3. The first-order valence-corrected chi connectivity index (χ1v) is 7.11. The van der Waals surface area contributed by atoms with Crippen molar-refractivity contribution in [2.45, 2.75) is 45.1 Å². The molecule has 1 fully saturated rings. The Morgan fingerprint density at radius 3 is 2.57 bits per heavy atom. The van der Waals surface area contributed by atoms with Crippen LogP contribution in [0.2, 0.25) is 0 Å². The molecule has 0 spiro atoms. The minimum Gasteiger partial charge on any atom is -0.480 e. The number of nitro groups is 1. The van der Waals surface area contributed by atoms with E-state index in [2.05, 4.69) is 12.2 Å². The van der Waals surface area contributed by atoms with E-state index in [1.54, 1.807) is 19.1 Å². The highest BCUT2D eigenvalue weighted by Gasteiger charge is 2.42. The summed E-state index contributed by atoms with van der Waals surface area (Å²) in [5.74, 6) is -0.446. The van der Waals surface area contributed by atoms with Crippen molar-refractivity contribution in [3.05, 3.63) is 33.9 Å². The molecule has 0 unspecified atom stereocenters. The molecule has 0 radical (unpaired) electrons. The average Bonchev–Trinajstić information content (AvgIpc) is 2.43. The number of nitrogens with zero attached hydrogens (tertiary/aromatic N) is 1. The highest BCUT2D eigenvalue weighted by atomic mass is 16.6. The number of hydrogen-bond acceptors (Lipinski definition) is 4. The summed E-state index contributed by atoms with van der Waals surface area (Å²) < 4.78 is 0. The van der Waals surface area contributed by atoms with Gasteiger partial charge in [0.25, 0.3) is 5.69 Å². The van der Waals surface area contributed by atoms with Crippen molar-refractivity contribution in [2.24, 2.45) is 5.92 Å². The number of nitro benzene ring substituents is 1. The molecule has 0 atom stereocenters. The van der Waals surface area contributed by atoms with Crippen LogP contribution in [0.1, 0.15) is 38.2 Å². The fourth-order valence-corrected chi connectivity index (χ4v) is 2.85. The van der Waals surface area contributed by atoms with Crippen molar-refractivity contribution in [3.8, 4) is 0 Å².